The number of anilines is 1. The zero-order valence-corrected chi connectivity index (χ0v) is 18.3. The Hall–Kier alpha value is -3.76. The van der Waals surface area contributed by atoms with Crippen molar-refractivity contribution < 1.29 is 22.9 Å². The Morgan fingerprint density at radius 2 is 1.55 bits per heavy atom. The maximum atomic E-state index is 13.2. The number of hydrogen-bond acceptors (Lipinski definition) is 7. The number of sulfonamides is 1. The highest BCUT2D eigenvalue weighted by atomic mass is 32.2. The molecule has 9 nitrogen and oxygen atoms in total. The zero-order valence-electron chi connectivity index (χ0n) is 17.5. The van der Waals surface area contributed by atoms with Crippen molar-refractivity contribution in [1.29, 1.82) is 0 Å². The van der Waals surface area contributed by atoms with Crippen LogP contribution >= 0.6 is 0 Å². The normalized spacial score (nSPS) is 14.6. The van der Waals surface area contributed by atoms with Crippen molar-refractivity contribution >= 4 is 27.4 Å². The molecular weight excluding hydrogens is 446 g/mol. The molecule has 1 saturated heterocycles. The third-order valence-electron chi connectivity index (χ3n) is 5.33. The SMILES string of the molecule is O=C(Oc1ccc([N+](=O)[O-])cc1)c1cccc(S(=O)(=O)N2CCN(c3ccccc3)CC2)c1. The lowest BCUT2D eigenvalue weighted by molar-refractivity contribution is -0.384. The molecule has 0 atom stereocenters. The molecule has 0 aliphatic carbocycles. The number of hydrogen-bond donors (Lipinski definition) is 0. The fourth-order valence-corrected chi connectivity index (χ4v) is 5.03. The number of piperazine rings is 1. The minimum absolute atomic E-state index is 0.00816. The lowest BCUT2D eigenvalue weighted by Crippen LogP contribution is -2.48. The van der Waals surface area contributed by atoms with E-state index in [0.717, 1.165) is 5.69 Å². The molecule has 3 aromatic rings. The minimum Gasteiger partial charge on any atom is -0.423 e. The molecule has 33 heavy (non-hydrogen) atoms. The van der Waals surface area contributed by atoms with Gasteiger partial charge in [0, 0.05) is 44.0 Å². The lowest BCUT2D eigenvalue weighted by atomic mass is 10.2. The van der Waals surface area contributed by atoms with Crippen molar-refractivity contribution in [2.75, 3.05) is 31.1 Å². The highest BCUT2D eigenvalue weighted by molar-refractivity contribution is 7.89. The summed E-state index contributed by atoms with van der Waals surface area (Å²) in [6.07, 6.45) is 0. The first-order chi connectivity index (χ1) is 15.8. The number of nitro groups is 1. The predicted molar refractivity (Wildman–Crippen MR) is 122 cm³/mol. The average molecular weight is 468 g/mol. The van der Waals surface area contributed by atoms with E-state index in [1.165, 1.54) is 52.8 Å². The second-order valence-electron chi connectivity index (χ2n) is 7.40. The van der Waals surface area contributed by atoms with Crippen molar-refractivity contribution in [3.8, 4) is 5.75 Å². The fraction of sp³-hybridized carbons (Fsp3) is 0.174. The number of nitrogens with zero attached hydrogens (tertiary/aromatic N) is 3. The first kappa shape index (κ1) is 22.4. The van der Waals surface area contributed by atoms with E-state index in [1.54, 1.807) is 0 Å². The fourth-order valence-electron chi connectivity index (χ4n) is 3.56. The molecule has 0 radical (unpaired) electrons. The van der Waals surface area contributed by atoms with E-state index in [9.17, 15) is 23.3 Å². The summed E-state index contributed by atoms with van der Waals surface area (Å²) in [5.74, 6) is -0.634. The van der Waals surface area contributed by atoms with Crippen LogP contribution in [0.15, 0.2) is 83.8 Å². The van der Waals surface area contributed by atoms with Crippen molar-refractivity contribution in [3.05, 3.63) is 94.5 Å². The number of carbonyl (C=O) groups excluding carboxylic acids is 1. The maximum Gasteiger partial charge on any atom is 0.343 e. The van der Waals surface area contributed by atoms with E-state index in [2.05, 4.69) is 4.90 Å². The maximum absolute atomic E-state index is 13.2. The highest BCUT2D eigenvalue weighted by Crippen LogP contribution is 2.23. The molecule has 4 rings (SSSR count). The van der Waals surface area contributed by atoms with Crippen LogP contribution in [0.2, 0.25) is 0 Å². The average Bonchev–Trinajstić information content (AvgIpc) is 2.85. The molecule has 10 heteroatoms. The number of para-hydroxylation sites is 1. The summed E-state index contributed by atoms with van der Waals surface area (Å²) in [6, 6.07) is 20.5. The molecule has 0 N–H and O–H groups in total. The molecule has 0 unspecified atom stereocenters. The van der Waals surface area contributed by atoms with Gasteiger partial charge in [-0.1, -0.05) is 24.3 Å². The summed E-state index contributed by atoms with van der Waals surface area (Å²) in [5, 5.41) is 10.7. The number of non-ortho nitro benzene ring substituents is 1. The van der Waals surface area contributed by atoms with Gasteiger partial charge >= 0.3 is 5.97 Å². The van der Waals surface area contributed by atoms with Gasteiger partial charge in [0.1, 0.15) is 5.75 Å². The van der Waals surface area contributed by atoms with Gasteiger partial charge in [-0.25, -0.2) is 13.2 Å². The van der Waals surface area contributed by atoms with Crippen LogP contribution in [0.4, 0.5) is 11.4 Å². The third-order valence-corrected chi connectivity index (χ3v) is 7.22. The van der Waals surface area contributed by atoms with Crippen LogP contribution < -0.4 is 9.64 Å². The first-order valence-electron chi connectivity index (χ1n) is 10.2. The van der Waals surface area contributed by atoms with Crippen LogP contribution in [-0.4, -0.2) is 49.8 Å². The molecule has 3 aromatic carbocycles. The van der Waals surface area contributed by atoms with Crippen LogP contribution in [0.1, 0.15) is 10.4 Å². The molecule has 170 valence electrons. The van der Waals surface area contributed by atoms with Gasteiger partial charge in [0.05, 0.1) is 15.4 Å². The Morgan fingerprint density at radius 1 is 0.879 bits per heavy atom. The van der Waals surface area contributed by atoms with E-state index >= 15 is 0 Å². The molecule has 0 amide bonds. The Balaban J connectivity index is 1.45. The summed E-state index contributed by atoms with van der Waals surface area (Å²) < 4.78 is 33.0. The second kappa shape index (κ2) is 9.39. The Labute approximate surface area is 191 Å². The molecule has 1 heterocycles. The first-order valence-corrected chi connectivity index (χ1v) is 11.7. The molecule has 1 fully saturated rings. The zero-order chi connectivity index (χ0) is 23.4. The number of rotatable bonds is 6. The Kier molecular flexibility index (Phi) is 6.38. The summed E-state index contributed by atoms with van der Waals surface area (Å²) in [6.45, 7) is 1.78. The summed E-state index contributed by atoms with van der Waals surface area (Å²) in [5.41, 5.74) is 0.984. The van der Waals surface area contributed by atoms with Crippen LogP contribution in [0, 0.1) is 10.1 Å². The molecule has 1 aliphatic rings. The van der Waals surface area contributed by atoms with Gasteiger partial charge in [0.15, 0.2) is 0 Å². The molecular formula is C23H21N3O6S. The van der Waals surface area contributed by atoms with Crippen molar-refractivity contribution in [2.45, 2.75) is 4.90 Å². The van der Waals surface area contributed by atoms with Gasteiger partial charge in [-0.15, -0.1) is 0 Å². The molecule has 0 aromatic heterocycles. The van der Waals surface area contributed by atoms with Crippen LogP contribution in [0.25, 0.3) is 0 Å². The topological polar surface area (TPSA) is 110 Å². The number of esters is 1. The van der Waals surface area contributed by atoms with E-state index in [1.807, 2.05) is 30.3 Å². The summed E-state index contributed by atoms with van der Waals surface area (Å²) in [7, 11) is -3.79. The van der Waals surface area contributed by atoms with Crippen LogP contribution in [0.3, 0.4) is 0 Å². The van der Waals surface area contributed by atoms with Crippen molar-refractivity contribution in [1.82, 2.24) is 4.31 Å². The quantitative estimate of drug-likeness (QED) is 0.237. The monoisotopic (exact) mass is 467 g/mol. The van der Waals surface area contributed by atoms with Crippen LogP contribution in [0.5, 0.6) is 5.75 Å². The highest BCUT2D eigenvalue weighted by Gasteiger charge is 2.29. The molecule has 0 bridgehead atoms. The van der Waals surface area contributed by atoms with E-state index in [-0.39, 0.29) is 21.9 Å². The van der Waals surface area contributed by atoms with E-state index in [0.29, 0.717) is 26.2 Å². The van der Waals surface area contributed by atoms with Crippen LogP contribution in [-0.2, 0) is 10.0 Å². The number of carbonyl (C=O) groups is 1. The minimum atomic E-state index is -3.79. The molecule has 0 saturated carbocycles. The van der Waals surface area contributed by atoms with Gasteiger partial charge in [-0.2, -0.15) is 4.31 Å². The predicted octanol–water partition coefficient (Wildman–Crippen LogP) is 3.32. The number of ether oxygens (including phenoxy) is 1. The van der Waals surface area contributed by atoms with E-state index in [4.69, 9.17) is 4.74 Å². The van der Waals surface area contributed by atoms with Crippen molar-refractivity contribution in [3.63, 3.8) is 0 Å². The Bertz CT molecular complexity index is 1250. The third kappa shape index (κ3) is 5.02. The second-order valence-corrected chi connectivity index (χ2v) is 9.33. The lowest BCUT2D eigenvalue weighted by Gasteiger charge is -2.35. The number of nitro benzene ring substituents is 1. The number of benzene rings is 3. The standard InChI is InChI=1S/C23H21N3O6S/c27-23(32-21-11-9-20(10-12-21)26(28)29)18-5-4-8-22(17-18)33(30,31)25-15-13-24(14-16-25)19-6-2-1-3-7-19/h1-12,17H,13-16H2. The van der Waals surface area contributed by atoms with Gasteiger partial charge < -0.3 is 9.64 Å². The van der Waals surface area contributed by atoms with Gasteiger partial charge in [0.25, 0.3) is 5.69 Å². The van der Waals surface area contributed by atoms with Gasteiger partial charge in [0.2, 0.25) is 10.0 Å². The van der Waals surface area contributed by atoms with Crippen molar-refractivity contribution in [2.24, 2.45) is 0 Å². The van der Waals surface area contributed by atoms with Gasteiger partial charge in [-0.05, 0) is 42.5 Å². The summed E-state index contributed by atoms with van der Waals surface area (Å²) >= 11 is 0. The summed E-state index contributed by atoms with van der Waals surface area (Å²) in [4.78, 5) is 24.8. The smallest absolute Gasteiger partial charge is 0.343 e. The Morgan fingerprint density at radius 3 is 2.18 bits per heavy atom. The molecule has 1 aliphatic heterocycles. The molecule has 0 spiro atoms. The van der Waals surface area contributed by atoms with E-state index < -0.39 is 20.9 Å². The van der Waals surface area contributed by atoms with Gasteiger partial charge in [-0.3, -0.25) is 10.1 Å². The largest absolute Gasteiger partial charge is 0.423 e.